The summed E-state index contributed by atoms with van der Waals surface area (Å²) in [5.74, 6) is -1.63. The molecule has 1 aliphatic heterocycles. The summed E-state index contributed by atoms with van der Waals surface area (Å²) in [6, 6.07) is 3.15. The standard InChI is InChI=1S/C14H17FN2O4/c1-2-6-14(13(18)19)7-3-8-16(14)12-9-10(15)4-5-11(12)17(20)21/h4-5,9H,2-3,6-8H2,1H3,(H,18,19). The molecule has 1 unspecified atom stereocenters. The number of benzene rings is 1. The third kappa shape index (κ3) is 2.55. The molecule has 1 N–H and O–H groups in total. The van der Waals surface area contributed by atoms with Gasteiger partial charge in [0.15, 0.2) is 0 Å². The Hall–Kier alpha value is -2.18. The van der Waals surface area contributed by atoms with E-state index < -0.39 is 22.2 Å². The van der Waals surface area contributed by atoms with Crippen molar-refractivity contribution in [2.45, 2.75) is 38.1 Å². The molecule has 0 amide bonds. The van der Waals surface area contributed by atoms with Crippen molar-refractivity contribution in [2.24, 2.45) is 0 Å². The molecule has 1 atom stereocenters. The quantitative estimate of drug-likeness (QED) is 0.667. The van der Waals surface area contributed by atoms with Crippen LogP contribution >= 0.6 is 0 Å². The predicted molar refractivity (Wildman–Crippen MR) is 74.9 cm³/mol. The second-order valence-corrected chi connectivity index (χ2v) is 5.23. The second kappa shape index (κ2) is 5.67. The molecule has 0 radical (unpaired) electrons. The normalized spacial score (nSPS) is 21.5. The molecule has 6 nitrogen and oxygen atoms in total. The van der Waals surface area contributed by atoms with E-state index in [1.807, 2.05) is 6.92 Å². The number of hydrogen-bond acceptors (Lipinski definition) is 4. The maximum atomic E-state index is 13.5. The summed E-state index contributed by atoms with van der Waals surface area (Å²) in [6.07, 6.45) is 2.02. The van der Waals surface area contributed by atoms with Crippen LogP contribution in [0.25, 0.3) is 0 Å². The Kier molecular flexibility index (Phi) is 4.11. The molecule has 0 aliphatic carbocycles. The number of halogens is 1. The first-order valence-electron chi connectivity index (χ1n) is 6.87. The van der Waals surface area contributed by atoms with Crippen LogP contribution in [0.4, 0.5) is 15.8 Å². The zero-order chi connectivity index (χ0) is 15.6. The largest absolute Gasteiger partial charge is 0.479 e. The molecule has 114 valence electrons. The maximum absolute atomic E-state index is 13.5. The number of nitro groups is 1. The minimum Gasteiger partial charge on any atom is -0.479 e. The van der Waals surface area contributed by atoms with Crippen LogP contribution in [0.2, 0.25) is 0 Å². The number of nitrogens with zero attached hydrogens (tertiary/aromatic N) is 2. The van der Waals surface area contributed by atoms with Crippen molar-refractivity contribution >= 4 is 17.3 Å². The van der Waals surface area contributed by atoms with Crippen molar-refractivity contribution in [1.29, 1.82) is 0 Å². The lowest BCUT2D eigenvalue weighted by atomic mass is 9.90. The SMILES string of the molecule is CCCC1(C(=O)O)CCCN1c1cc(F)ccc1[N+](=O)[O-]. The lowest BCUT2D eigenvalue weighted by Crippen LogP contribution is -2.51. The van der Waals surface area contributed by atoms with E-state index in [0.29, 0.717) is 32.2 Å². The van der Waals surface area contributed by atoms with Crippen LogP contribution in [0.1, 0.15) is 32.6 Å². The first-order valence-corrected chi connectivity index (χ1v) is 6.87. The molecule has 0 aromatic heterocycles. The number of hydrogen-bond donors (Lipinski definition) is 1. The third-order valence-corrected chi connectivity index (χ3v) is 3.98. The minimum absolute atomic E-state index is 0.0494. The Balaban J connectivity index is 2.56. The summed E-state index contributed by atoms with van der Waals surface area (Å²) < 4.78 is 13.5. The number of aliphatic carboxylic acids is 1. The van der Waals surface area contributed by atoms with Gasteiger partial charge in [0.2, 0.25) is 0 Å². The van der Waals surface area contributed by atoms with Gasteiger partial charge in [-0.2, -0.15) is 0 Å². The van der Waals surface area contributed by atoms with Gasteiger partial charge in [-0.3, -0.25) is 10.1 Å². The van der Waals surface area contributed by atoms with Crippen molar-refractivity contribution in [3.8, 4) is 0 Å². The topological polar surface area (TPSA) is 83.7 Å². The number of rotatable bonds is 5. The van der Waals surface area contributed by atoms with Gasteiger partial charge in [-0.1, -0.05) is 13.3 Å². The smallest absolute Gasteiger partial charge is 0.329 e. The van der Waals surface area contributed by atoms with Crippen LogP contribution in [-0.4, -0.2) is 28.1 Å². The minimum atomic E-state index is -1.19. The fourth-order valence-corrected chi connectivity index (χ4v) is 3.10. The van der Waals surface area contributed by atoms with Gasteiger partial charge in [0.05, 0.1) is 4.92 Å². The van der Waals surface area contributed by atoms with Gasteiger partial charge in [-0.15, -0.1) is 0 Å². The average molecular weight is 296 g/mol. The third-order valence-electron chi connectivity index (χ3n) is 3.98. The lowest BCUT2D eigenvalue weighted by molar-refractivity contribution is -0.384. The highest BCUT2D eigenvalue weighted by atomic mass is 19.1. The first kappa shape index (κ1) is 15.2. The highest BCUT2D eigenvalue weighted by Gasteiger charge is 2.48. The number of carboxylic acid groups (broad SMARTS) is 1. The molecule has 0 saturated carbocycles. The van der Waals surface area contributed by atoms with Crippen molar-refractivity contribution in [1.82, 2.24) is 0 Å². The van der Waals surface area contributed by atoms with E-state index in [-0.39, 0.29) is 11.4 Å². The van der Waals surface area contributed by atoms with Crippen LogP contribution < -0.4 is 4.90 Å². The van der Waals surface area contributed by atoms with Gasteiger partial charge in [0.1, 0.15) is 17.0 Å². The van der Waals surface area contributed by atoms with Crippen LogP contribution in [0.15, 0.2) is 18.2 Å². The summed E-state index contributed by atoms with van der Waals surface area (Å²) in [5.41, 5.74) is -1.40. The first-order chi connectivity index (χ1) is 9.92. The molecule has 1 aliphatic rings. The molecule has 1 fully saturated rings. The monoisotopic (exact) mass is 296 g/mol. The van der Waals surface area contributed by atoms with Gasteiger partial charge < -0.3 is 10.0 Å². The molecule has 0 spiro atoms. The fourth-order valence-electron chi connectivity index (χ4n) is 3.10. The highest BCUT2D eigenvalue weighted by molar-refractivity contribution is 5.86. The van der Waals surface area contributed by atoms with E-state index in [4.69, 9.17) is 0 Å². The molecule has 1 aromatic carbocycles. The molecule has 2 rings (SSSR count). The van der Waals surface area contributed by atoms with E-state index in [1.54, 1.807) is 0 Å². The van der Waals surface area contributed by atoms with Crippen LogP contribution in [-0.2, 0) is 4.79 Å². The number of anilines is 1. The van der Waals surface area contributed by atoms with Crippen molar-refractivity contribution < 1.29 is 19.2 Å². The Bertz CT molecular complexity index is 578. The van der Waals surface area contributed by atoms with Crippen LogP contribution in [0.5, 0.6) is 0 Å². The molecule has 1 heterocycles. The maximum Gasteiger partial charge on any atom is 0.329 e. The van der Waals surface area contributed by atoms with Gasteiger partial charge in [-0.05, 0) is 25.3 Å². The average Bonchev–Trinajstić information content (AvgIpc) is 2.83. The van der Waals surface area contributed by atoms with Gasteiger partial charge in [-0.25, -0.2) is 9.18 Å². The summed E-state index contributed by atoms with van der Waals surface area (Å²) in [6.45, 7) is 2.23. The highest BCUT2D eigenvalue weighted by Crippen LogP contribution is 2.41. The van der Waals surface area contributed by atoms with Crippen molar-refractivity contribution in [3.63, 3.8) is 0 Å². The Morgan fingerprint density at radius 1 is 1.57 bits per heavy atom. The number of nitro benzene ring substituents is 1. The van der Waals surface area contributed by atoms with E-state index in [2.05, 4.69) is 0 Å². The zero-order valence-corrected chi connectivity index (χ0v) is 11.7. The number of carbonyl (C=O) groups is 1. The summed E-state index contributed by atoms with van der Waals surface area (Å²) >= 11 is 0. The molecule has 7 heteroatoms. The number of carboxylic acids is 1. The fraction of sp³-hybridized carbons (Fsp3) is 0.500. The van der Waals surface area contributed by atoms with E-state index in [0.717, 1.165) is 18.2 Å². The van der Waals surface area contributed by atoms with E-state index in [1.165, 1.54) is 4.90 Å². The van der Waals surface area contributed by atoms with Crippen LogP contribution in [0.3, 0.4) is 0 Å². The zero-order valence-electron chi connectivity index (χ0n) is 11.7. The summed E-state index contributed by atoms with van der Waals surface area (Å²) in [4.78, 5) is 23.8. The molecular weight excluding hydrogens is 279 g/mol. The lowest BCUT2D eigenvalue weighted by Gasteiger charge is -2.36. The molecule has 21 heavy (non-hydrogen) atoms. The summed E-state index contributed by atoms with van der Waals surface area (Å²) in [7, 11) is 0. The predicted octanol–water partition coefficient (Wildman–Crippen LogP) is 2.96. The van der Waals surface area contributed by atoms with Crippen molar-refractivity contribution in [3.05, 3.63) is 34.1 Å². The Morgan fingerprint density at radius 3 is 2.86 bits per heavy atom. The molecule has 0 bridgehead atoms. The Morgan fingerprint density at radius 2 is 2.29 bits per heavy atom. The second-order valence-electron chi connectivity index (χ2n) is 5.23. The van der Waals surface area contributed by atoms with Gasteiger partial charge in [0, 0.05) is 18.7 Å². The van der Waals surface area contributed by atoms with Crippen LogP contribution in [0, 0.1) is 15.9 Å². The summed E-state index contributed by atoms with van der Waals surface area (Å²) in [5, 5.41) is 20.8. The molecule has 1 saturated heterocycles. The van der Waals surface area contributed by atoms with Crippen molar-refractivity contribution in [2.75, 3.05) is 11.4 Å². The van der Waals surface area contributed by atoms with E-state index in [9.17, 15) is 24.4 Å². The Labute approximate surface area is 121 Å². The van der Waals surface area contributed by atoms with Gasteiger partial charge in [0.25, 0.3) is 5.69 Å². The molecule has 1 aromatic rings. The van der Waals surface area contributed by atoms with Gasteiger partial charge >= 0.3 is 5.97 Å². The van der Waals surface area contributed by atoms with E-state index >= 15 is 0 Å². The molecular formula is C14H17FN2O4.